The Bertz CT molecular complexity index is 1340. The van der Waals surface area contributed by atoms with E-state index in [4.69, 9.17) is 4.74 Å². The zero-order valence-electron chi connectivity index (χ0n) is 28.1. The van der Waals surface area contributed by atoms with Crippen LogP contribution in [0.1, 0.15) is 108 Å². The van der Waals surface area contributed by atoms with Gasteiger partial charge < -0.3 is 9.53 Å². The van der Waals surface area contributed by atoms with Gasteiger partial charge in [0.2, 0.25) is 0 Å². The van der Waals surface area contributed by atoms with Gasteiger partial charge in [-0.05, 0) is 101 Å². The molecule has 0 spiro atoms. The average Bonchev–Trinajstić information content (AvgIpc) is 2.95. The highest BCUT2D eigenvalue weighted by Crippen LogP contribution is 2.25. The molecule has 230 valence electrons. The normalized spacial score (nSPS) is 11.4. The molecule has 0 saturated carbocycles. The first-order valence-electron chi connectivity index (χ1n) is 15.3. The molecule has 0 N–H and O–H groups in total. The second kappa shape index (κ2) is 20.0. The number of carbonyl (C=O) groups is 2. The van der Waals surface area contributed by atoms with E-state index in [0.717, 1.165) is 36.7 Å². The van der Waals surface area contributed by atoms with Crippen LogP contribution in [0.3, 0.4) is 0 Å². The van der Waals surface area contributed by atoms with Crippen molar-refractivity contribution < 1.29 is 14.3 Å². The molecule has 0 amide bonds. The lowest BCUT2D eigenvalue weighted by Crippen LogP contribution is -1.92. The monoisotopic (exact) mass is 580 g/mol. The van der Waals surface area contributed by atoms with E-state index in [1.54, 1.807) is 0 Å². The maximum absolute atomic E-state index is 10.5. The molecule has 0 atom stereocenters. The molecular weight excluding hydrogens is 528 g/mol. The Balaban J connectivity index is 0.000000324. The van der Waals surface area contributed by atoms with E-state index < -0.39 is 0 Å². The summed E-state index contributed by atoms with van der Waals surface area (Å²) in [6.07, 6.45) is 4.45. The Morgan fingerprint density at radius 2 is 1.00 bits per heavy atom. The van der Waals surface area contributed by atoms with Gasteiger partial charge in [0.25, 0.3) is 6.47 Å². The summed E-state index contributed by atoms with van der Waals surface area (Å²) in [5.74, 6) is 0.679. The topological polar surface area (TPSA) is 43.4 Å². The molecule has 3 rings (SSSR count). The minimum atomic E-state index is 0.473. The number of allylic oxidation sites excluding steroid dienone is 6. The molecule has 0 aliphatic rings. The third-order valence-electron chi connectivity index (χ3n) is 7.32. The smallest absolute Gasteiger partial charge is 0.298 e. The van der Waals surface area contributed by atoms with Crippen molar-refractivity contribution in [1.82, 2.24) is 0 Å². The van der Waals surface area contributed by atoms with E-state index in [9.17, 15) is 9.59 Å². The first-order valence-corrected chi connectivity index (χ1v) is 15.3. The fourth-order valence-electron chi connectivity index (χ4n) is 5.14. The second-order valence-corrected chi connectivity index (χ2v) is 11.0. The molecule has 0 radical (unpaired) electrons. The fraction of sp³-hybridized carbons (Fsp3) is 0.350. The molecule has 3 nitrogen and oxygen atoms in total. The summed E-state index contributed by atoms with van der Waals surface area (Å²) in [7, 11) is 0. The second-order valence-electron chi connectivity index (χ2n) is 11.0. The number of benzene rings is 3. The minimum Gasteiger partial charge on any atom is -0.433 e. The van der Waals surface area contributed by atoms with E-state index in [-0.39, 0.29) is 0 Å². The van der Waals surface area contributed by atoms with Crippen LogP contribution in [0, 0.1) is 20.8 Å². The SMILES string of the molecule is CC/C(=C(\C)CC=O)c1cccc(C)c1.CC/C(=C(\C)OC=O)c1cccc(C)c1.CCC(=C(C)C)c1cccc(C)c1. The van der Waals surface area contributed by atoms with Gasteiger partial charge in [-0.25, -0.2) is 0 Å². The van der Waals surface area contributed by atoms with Gasteiger partial charge in [-0.15, -0.1) is 0 Å². The third-order valence-corrected chi connectivity index (χ3v) is 7.32. The summed E-state index contributed by atoms with van der Waals surface area (Å²) in [5.41, 5.74) is 14.0. The largest absolute Gasteiger partial charge is 0.433 e. The van der Waals surface area contributed by atoms with Crippen molar-refractivity contribution in [1.29, 1.82) is 0 Å². The third kappa shape index (κ3) is 12.8. The molecular formula is C40H52O3. The molecule has 0 aromatic heterocycles. The molecule has 0 aliphatic heterocycles. The Labute approximate surface area is 261 Å². The Morgan fingerprint density at radius 3 is 1.33 bits per heavy atom. The van der Waals surface area contributed by atoms with Crippen LogP contribution in [-0.4, -0.2) is 12.8 Å². The fourth-order valence-corrected chi connectivity index (χ4v) is 5.14. The zero-order chi connectivity index (χ0) is 32.4. The van der Waals surface area contributed by atoms with Crippen molar-refractivity contribution in [2.75, 3.05) is 0 Å². The standard InChI is InChI=1S/C14H18O.C13H16O2.C13H18/c1-4-14(12(3)8-9-15)13-7-5-6-11(2)10-13;1-4-13(11(3)15-9-14)12-7-5-6-10(2)8-12;1-5-13(10(2)3)12-8-6-7-11(4)9-12/h5-7,9-10H,4,8H2,1-3H3;5-9H,4H2,1-3H3;6-9H,5H2,1-4H3/b14-12-;13-11-;. The molecule has 0 aliphatic carbocycles. The van der Waals surface area contributed by atoms with E-state index in [1.807, 2.05) is 39.0 Å². The summed E-state index contributed by atoms with van der Waals surface area (Å²) in [6, 6.07) is 25.3. The molecule has 0 heterocycles. The Morgan fingerprint density at radius 1 is 0.605 bits per heavy atom. The van der Waals surface area contributed by atoms with Crippen molar-refractivity contribution in [2.45, 2.75) is 94.9 Å². The summed E-state index contributed by atoms with van der Waals surface area (Å²) < 4.78 is 4.89. The number of hydrogen-bond donors (Lipinski definition) is 0. The van der Waals surface area contributed by atoms with E-state index in [1.165, 1.54) is 50.1 Å². The predicted molar refractivity (Wildman–Crippen MR) is 186 cm³/mol. The zero-order valence-corrected chi connectivity index (χ0v) is 28.1. The maximum Gasteiger partial charge on any atom is 0.298 e. The lowest BCUT2D eigenvalue weighted by Gasteiger charge is -2.09. The number of carbonyl (C=O) groups excluding carboxylic acids is 2. The number of hydrogen-bond acceptors (Lipinski definition) is 3. The van der Waals surface area contributed by atoms with E-state index in [0.29, 0.717) is 18.7 Å². The van der Waals surface area contributed by atoms with Gasteiger partial charge in [-0.2, -0.15) is 0 Å². The van der Waals surface area contributed by atoms with Crippen molar-refractivity contribution >= 4 is 29.5 Å². The van der Waals surface area contributed by atoms with Gasteiger partial charge in [0.15, 0.2) is 0 Å². The van der Waals surface area contributed by atoms with Crippen molar-refractivity contribution in [3.8, 4) is 0 Å². The molecule has 3 aromatic rings. The van der Waals surface area contributed by atoms with Crippen LogP contribution >= 0.6 is 0 Å². The van der Waals surface area contributed by atoms with E-state index in [2.05, 4.69) is 103 Å². The maximum atomic E-state index is 10.5. The predicted octanol–water partition coefficient (Wildman–Crippen LogP) is 11.3. The van der Waals surface area contributed by atoms with Gasteiger partial charge in [0, 0.05) is 6.42 Å². The van der Waals surface area contributed by atoms with Crippen LogP contribution in [-0.2, 0) is 14.3 Å². The van der Waals surface area contributed by atoms with Crippen molar-refractivity contribution in [2.24, 2.45) is 0 Å². The van der Waals surface area contributed by atoms with Crippen LogP contribution in [0.15, 0.2) is 89.7 Å². The van der Waals surface area contributed by atoms with E-state index >= 15 is 0 Å². The van der Waals surface area contributed by atoms with Crippen LogP contribution in [0.25, 0.3) is 16.7 Å². The molecule has 0 bridgehead atoms. The van der Waals surface area contributed by atoms with Gasteiger partial charge in [-0.3, -0.25) is 4.79 Å². The summed E-state index contributed by atoms with van der Waals surface area (Å²) >= 11 is 0. The highest BCUT2D eigenvalue weighted by Gasteiger charge is 2.06. The quantitative estimate of drug-likeness (QED) is 0.177. The molecule has 3 aromatic carbocycles. The molecule has 0 saturated heterocycles. The van der Waals surface area contributed by atoms with Gasteiger partial charge >= 0.3 is 0 Å². The molecule has 0 unspecified atom stereocenters. The summed E-state index contributed by atoms with van der Waals surface area (Å²) in [6.45, 7) is 21.4. The first kappa shape index (κ1) is 37.0. The number of ether oxygens (including phenoxy) is 1. The number of rotatable bonds is 10. The first-order chi connectivity index (χ1) is 20.5. The highest BCUT2D eigenvalue weighted by molar-refractivity contribution is 5.72. The summed E-state index contributed by atoms with van der Waals surface area (Å²) in [4.78, 5) is 20.8. The van der Waals surface area contributed by atoms with Crippen molar-refractivity contribution in [3.05, 3.63) is 123 Å². The van der Waals surface area contributed by atoms with Crippen LogP contribution in [0.4, 0.5) is 0 Å². The lowest BCUT2D eigenvalue weighted by atomic mass is 9.96. The molecule has 0 fully saturated rings. The Kier molecular flexibility index (Phi) is 17.2. The summed E-state index contributed by atoms with van der Waals surface area (Å²) in [5, 5.41) is 0. The lowest BCUT2D eigenvalue weighted by molar-refractivity contribution is -0.124. The van der Waals surface area contributed by atoms with Gasteiger partial charge in [0.05, 0.1) is 0 Å². The van der Waals surface area contributed by atoms with Crippen LogP contribution < -0.4 is 0 Å². The molecule has 3 heteroatoms. The van der Waals surface area contributed by atoms with Gasteiger partial charge in [-0.1, -0.05) is 121 Å². The van der Waals surface area contributed by atoms with Crippen LogP contribution in [0.2, 0.25) is 0 Å². The number of aldehydes is 1. The van der Waals surface area contributed by atoms with Crippen LogP contribution in [0.5, 0.6) is 0 Å². The van der Waals surface area contributed by atoms with Crippen molar-refractivity contribution in [3.63, 3.8) is 0 Å². The molecule has 43 heavy (non-hydrogen) atoms. The van der Waals surface area contributed by atoms with Gasteiger partial charge in [0.1, 0.15) is 12.0 Å². The Hall–Kier alpha value is -3.98. The highest BCUT2D eigenvalue weighted by atomic mass is 16.5. The minimum absolute atomic E-state index is 0.473. The average molecular weight is 581 g/mol. The number of aryl methyl sites for hydroxylation is 3.